The number of aliphatic hydroxyl groups excluding tert-OH is 4. The van der Waals surface area contributed by atoms with Crippen LogP contribution in [-0.4, -0.2) is 44.8 Å². The fourth-order valence-electron chi connectivity index (χ4n) is 2.82. The third-order valence-electron chi connectivity index (χ3n) is 3.58. The van der Waals surface area contributed by atoms with Gasteiger partial charge in [0.25, 0.3) is 0 Å². The molecule has 1 aromatic carbocycles. The van der Waals surface area contributed by atoms with Crippen LogP contribution in [0.1, 0.15) is 49.9 Å². The maximum absolute atomic E-state index is 9.70. The summed E-state index contributed by atoms with van der Waals surface area (Å²) in [4.78, 5) is 0. The summed E-state index contributed by atoms with van der Waals surface area (Å²) in [5, 5.41) is 38.8. The van der Waals surface area contributed by atoms with Gasteiger partial charge in [-0.3, -0.25) is 0 Å². The van der Waals surface area contributed by atoms with Crippen molar-refractivity contribution < 1.29 is 20.4 Å². The molecule has 0 amide bonds. The summed E-state index contributed by atoms with van der Waals surface area (Å²) in [7, 11) is 0. The van der Waals surface area contributed by atoms with E-state index in [1.165, 1.54) is 0 Å². The molecule has 0 bridgehead atoms. The summed E-state index contributed by atoms with van der Waals surface area (Å²) >= 11 is 0. The number of hydrogen-bond acceptors (Lipinski definition) is 4. The fraction of sp³-hybridized carbons (Fsp3) is 0.667. The minimum absolute atomic E-state index is 0.463. The molecule has 4 nitrogen and oxygen atoms in total. The molecule has 4 unspecified atom stereocenters. The van der Waals surface area contributed by atoms with Crippen LogP contribution < -0.4 is 0 Å². The maximum atomic E-state index is 9.70. The molecular formula is C18H30O4. The molecule has 0 saturated carbocycles. The zero-order valence-electron chi connectivity index (χ0n) is 14.1. The summed E-state index contributed by atoms with van der Waals surface area (Å²) in [6.45, 7) is 6.96. The van der Waals surface area contributed by atoms with E-state index in [1.54, 1.807) is 27.7 Å². The first kappa shape index (κ1) is 19.1. The zero-order chi connectivity index (χ0) is 16.9. The maximum Gasteiger partial charge on any atom is 0.0552 e. The van der Waals surface area contributed by atoms with E-state index in [0.29, 0.717) is 25.7 Å². The second-order valence-electron chi connectivity index (χ2n) is 6.60. The van der Waals surface area contributed by atoms with Gasteiger partial charge in [0, 0.05) is 0 Å². The van der Waals surface area contributed by atoms with Crippen LogP contribution in [0.25, 0.3) is 0 Å². The Morgan fingerprint density at radius 3 is 0.864 bits per heavy atom. The Bertz CT molecular complexity index is 382. The predicted molar refractivity (Wildman–Crippen MR) is 88.0 cm³/mol. The van der Waals surface area contributed by atoms with Crippen LogP contribution in [-0.2, 0) is 25.7 Å². The molecule has 4 N–H and O–H groups in total. The molecule has 0 aromatic heterocycles. The molecule has 126 valence electrons. The molecular weight excluding hydrogens is 280 g/mol. The number of rotatable bonds is 8. The minimum Gasteiger partial charge on any atom is -0.393 e. The van der Waals surface area contributed by atoms with Gasteiger partial charge in [0.15, 0.2) is 0 Å². The molecule has 0 aliphatic rings. The largest absolute Gasteiger partial charge is 0.393 e. The Labute approximate surface area is 133 Å². The van der Waals surface area contributed by atoms with Crippen LogP contribution in [0.3, 0.4) is 0 Å². The molecule has 4 atom stereocenters. The van der Waals surface area contributed by atoms with Gasteiger partial charge < -0.3 is 20.4 Å². The van der Waals surface area contributed by atoms with Crippen molar-refractivity contribution in [2.45, 2.75) is 77.8 Å². The van der Waals surface area contributed by atoms with Gasteiger partial charge in [-0.05, 0) is 75.6 Å². The van der Waals surface area contributed by atoms with E-state index in [9.17, 15) is 20.4 Å². The van der Waals surface area contributed by atoms with Gasteiger partial charge in [-0.25, -0.2) is 0 Å². The van der Waals surface area contributed by atoms with Crippen molar-refractivity contribution in [3.05, 3.63) is 34.4 Å². The highest BCUT2D eigenvalue weighted by atomic mass is 16.3. The summed E-state index contributed by atoms with van der Waals surface area (Å²) in [5.74, 6) is 0. The highest BCUT2D eigenvalue weighted by Gasteiger charge is 2.15. The number of benzene rings is 1. The lowest BCUT2D eigenvalue weighted by molar-refractivity contribution is 0.186. The quantitative estimate of drug-likeness (QED) is 0.585. The smallest absolute Gasteiger partial charge is 0.0552 e. The second kappa shape index (κ2) is 8.63. The Balaban J connectivity index is 3.27. The van der Waals surface area contributed by atoms with E-state index in [-0.39, 0.29) is 0 Å². The van der Waals surface area contributed by atoms with Crippen LogP contribution in [0.5, 0.6) is 0 Å². The molecule has 1 rings (SSSR count). The molecule has 22 heavy (non-hydrogen) atoms. The van der Waals surface area contributed by atoms with Crippen molar-refractivity contribution in [3.63, 3.8) is 0 Å². The van der Waals surface area contributed by atoms with Gasteiger partial charge in [-0.2, -0.15) is 0 Å². The van der Waals surface area contributed by atoms with E-state index in [2.05, 4.69) is 0 Å². The number of hydrogen-bond donors (Lipinski definition) is 4. The lowest BCUT2D eigenvalue weighted by Crippen LogP contribution is -2.16. The normalized spacial score (nSPS) is 17.1. The van der Waals surface area contributed by atoms with E-state index in [0.717, 1.165) is 22.3 Å². The van der Waals surface area contributed by atoms with Crippen LogP contribution in [0.4, 0.5) is 0 Å². The second-order valence-corrected chi connectivity index (χ2v) is 6.60. The van der Waals surface area contributed by atoms with Crippen molar-refractivity contribution >= 4 is 0 Å². The lowest BCUT2D eigenvalue weighted by Gasteiger charge is -2.20. The fourth-order valence-corrected chi connectivity index (χ4v) is 2.82. The highest BCUT2D eigenvalue weighted by molar-refractivity contribution is 5.40. The third kappa shape index (κ3) is 6.44. The summed E-state index contributed by atoms with van der Waals surface area (Å²) in [6, 6.07) is 4.02. The molecule has 0 heterocycles. The lowest BCUT2D eigenvalue weighted by atomic mass is 9.88. The highest BCUT2D eigenvalue weighted by Crippen LogP contribution is 2.23. The summed E-state index contributed by atoms with van der Waals surface area (Å²) in [6.07, 6.45) is 0.218. The van der Waals surface area contributed by atoms with Crippen LogP contribution in [0.15, 0.2) is 12.1 Å². The third-order valence-corrected chi connectivity index (χ3v) is 3.58. The zero-order valence-corrected chi connectivity index (χ0v) is 14.1. The van der Waals surface area contributed by atoms with Gasteiger partial charge in [0.2, 0.25) is 0 Å². The Morgan fingerprint density at radius 1 is 0.545 bits per heavy atom. The first-order valence-electron chi connectivity index (χ1n) is 8.04. The van der Waals surface area contributed by atoms with Gasteiger partial charge >= 0.3 is 0 Å². The average Bonchev–Trinajstić information content (AvgIpc) is 2.31. The topological polar surface area (TPSA) is 80.9 Å². The van der Waals surface area contributed by atoms with Crippen LogP contribution in [0, 0.1) is 0 Å². The SMILES string of the molecule is CC(O)Cc1cc(CC(C)O)c(CC(C)O)cc1CC(C)O. The molecule has 1 aromatic rings. The van der Waals surface area contributed by atoms with Gasteiger partial charge in [0.05, 0.1) is 24.4 Å². The van der Waals surface area contributed by atoms with Crippen molar-refractivity contribution in [3.8, 4) is 0 Å². The molecule has 0 spiro atoms. The van der Waals surface area contributed by atoms with Crippen LogP contribution >= 0.6 is 0 Å². The minimum atomic E-state index is -0.463. The van der Waals surface area contributed by atoms with Gasteiger partial charge in [0.1, 0.15) is 0 Å². The van der Waals surface area contributed by atoms with Crippen molar-refractivity contribution in [1.82, 2.24) is 0 Å². The Kier molecular flexibility index (Phi) is 7.49. The Hall–Kier alpha value is -0.940. The van der Waals surface area contributed by atoms with E-state index in [1.807, 2.05) is 12.1 Å². The standard InChI is InChI=1S/C18H30O4/c1-11(19)5-15-9-17(7-13(3)21)18(8-14(4)22)10-16(15)6-12(2)20/h9-14,19-22H,5-8H2,1-4H3. The summed E-state index contributed by atoms with van der Waals surface area (Å²) < 4.78 is 0. The number of aliphatic hydroxyl groups is 4. The molecule has 0 fully saturated rings. The first-order valence-corrected chi connectivity index (χ1v) is 8.04. The van der Waals surface area contributed by atoms with E-state index >= 15 is 0 Å². The monoisotopic (exact) mass is 310 g/mol. The predicted octanol–water partition coefficient (Wildman–Crippen LogP) is 1.38. The van der Waals surface area contributed by atoms with Gasteiger partial charge in [-0.15, -0.1) is 0 Å². The average molecular weight is 310 g/mol. The van der Waals surface area contributed by atoms with Crippen LogP contribution in [0.2, 0.25) is 0 Å². The Morgan fingerprint density at radius 2 is 0.727 bits per heavy atom. The van der Waals surface area contributed by atoms with E-state index < -0.39 is 24.4 Å². The molecule has 0 saturated heterocycles. The molecule has 0 aliphatic carbocycles. The van der Waals surface area contributed by atoms with Gasteiger partial charge in [-0.1, -0.05) is 12.1 Å². The van der Waals surface area contributed by atoms with Crippen molar-refractivity contribution in [2.24, 2.45) is 0 Å². The molecule has 0 radical (unpaired) electrons. The molecule has 0 aliphatic heterocycles. The summed E-state index contributed by atoms with van der Waals surface area (Å²) in [5.41, 5.74) is 4.00. The van der Waals surface area contributed by atoms with Crippen molar-refractivity contribution in [2.75, 3.05) is 0 Å². The van der Waals surface area contributed by atoms with E-state index in [4.69, 9.17) is 0 Å². The molecule has 4 heteroatoms. The van der Waals surface area contributed by atoms with Crippen molar-refractivity contribution in [1.29, 1.82) is 0 Å². The first-order chi connectivity index (χ1) is 10.2.